The predicted molar refractivity (Wildman–Crippen MR) is 38.8 cm³/mol. The first-order chi connectivity index (χ1) is 4.97. The summed E-state index contributed by atoms with van der Waals surface area (Å²) in [5.41, 5.74) is 1.06. The van der Waals surface area contributed by atoms with Crippen LogP contribution in [0.1, 0.15) is 5.56 Å². The molecule has 2 heterocycles. The van der Waals surface area contributed by atoms with Crippen LogP contribution in [0.3, 0.4) is 0 Å². The fourth-order valence-electron chi connectivity index (χ4n) is 0.963. The summed E-state index contributed by atoms with van der Waals surface area (Å²) in [4.78, 5) is 3.97. The Morgan fingerprint density at radius 2 is 2.50 bits per heavy atom. The molecule has 0 bridgehead atoms. The fraction of sp³-hybridized carbons (Fsp3) is 0.125. The summed E-state index contributed by atoms with van der Waals surface area (Å²) in [6.45, 7) is 0.678. The second-order valence-electron chi connectivity index (χ2n) is 2.13. The lowest BCUT2D eigenvalue weighted by molar-refractivity contribution is 0.358. The molecule has 0 N–H and O–H groups in total. The molecular weight excluding hydrogens is 126 g/mol. The minimum atomic E-state index is 0.678. The van der Waals surface area contributed by atoms with Crippen molar-refractivity contribution in [1.29, 1.82) is 0 Å². The smallest absolute Gasteiger partial charge is 0.130 e. The van der Waals surface area contributed by atoms with E-state index in [2.05, 4.69) is 4.98 Å². The van der Waals surface area contributed by atoms with Crippen LogP contribution >= 0.6 is 0 Å². The topological polar surface area (TPSA) is 22.1 Å². The van der Waals surface area contributed by atoms with E-state index in [1.54, 1.807) is 12.4 Å². The van der Waals surface area contributed by atoms with E-state index in [-0.39, 0.29) is 0 Å². The second kappa shape index (κ2) is 2.14. The molecule has 0 aliphatic carbocycles. The monoisotopic (exact) mass is 133 g/mol. The van der Waals surface area contributed by atoms with Crippen LogP contribution in [0, 0.1) is 0 Å². The molecule has 0 aromatic carbocycles. The Morgan fingerprint density at radius 3 is 3.40 bits per heavy atom. The number of aromatic nitrogens is 1. The molecule has 10 heavy (non-hydrogen) atoms. The molecular formula is C8H7NO. The molecule has 2 rings (SSSR count). The first kappa shape index (κ1) is 5.47. The maximum atomic E-state index is 5.30. The van der Waals surface area contributed by atoms with Gasteiger partial charge in [-0.15, -0.1) is 0 Å². The SMILES string of the molecule is C1=Cc2cnccc2OC1. The quantitative estimate of drug-likeness (QED) is 0.535. The van der Waals surface area contributed by atoms with Crippen molar-refractivity contribution in [2.45, 2.75) is 0 Å². The summed E-state index contributed by atoms with van der Waals surface area (Å²) in [5, 5.41) is 0. The van der Waals surface area contributed by atoms with E-state index in [9.17, 15) is 0 Å². The van der Waals surface area contributed by atoms with Gasteiger partial charge in [-0.25, -0.2) is 0 Å². The van der Waals surface area contributed by atoms with E-state index in [4.69, 9.17) is 4.74 Å². The molecule has 0 atom stereocenters. The van der Waals surface area contributed by atoms with E-state index in [1.807, 2.05) is 18.2 Å². The Balaban J connectivity index is 2.54. The molecule has 2 nitrogen and oxygen atoms in total. The van der Waals surface area contributed by atoms with E-state index in [0.717, 1.165) is 11.3 Å². The molecule has 0 spiro atoms. The zero-order valence-electron chi connectivity index (χ0n) is 5.45. The van der Waals surface area contributed by atoms with Crippen LogP contribution in [-0.4, -0.2) is 11.6 Å². The molecule has 50 valence electrons. The lowest BCUT2D eigenvalue weighted by Crippen LogP contribution is -1.99. The number of hydrogen-bond donors (Lipinski definition) is 0. The predicted octanol–water partition coefficient (Wildman–Crippen LogP) is 1.49. The normalized spacial score (nSPS) is 14.0. The van der Waals surface area contributed by atoms with Crippen LogP contribution < -0.4 is 4.74 Å². The van der Waals surface area contributed by atoms with Gasteiger partial charge in [0.05, 0.1) is 0 Å². The highest BCUT2D eigenvalue weighted by Gasteiger charge is 2.01. The zero-order valence-corrected chi connectivity index (χ0v) is 5.45. The highest BCUT2D eigenvalue weighted by atomic mass is 16.5. The molecule has 0 amide bonds. The molecule has 0 unspecified atom stereocenters. The van der Waals surface area contributed by atoms with Crippen molar-refractivity contribution in [2.24, 2.45) is 0 Å². The molecule has 2 heteroatoms. The van der Waals surface area contributed by atoms with Crippen molar-refractivity contribution in [3.8, 4) is 5.75 Å². The second-order valence-corrected chi connectivity index (χ2v) is 2.13. The number of fused-ring (bicyclic) bond motifs is 1. The van der Waals surface area contributed by atoms with Crippen molar-refractivity contribution < 1.29 is 4.74 Å². The van der Waals surface area contributed by atoms with Crippen molar-refractivity contribution >= 4 is 6.08 Å². The van der Waals surface area contributed by atoms with Crippen LogP contribution in [0.4, 0.5) is 0 Å². The minimum Gasteiger partial charge on any atom is -0.489 e. The zero-order chi connectivity index (χ0) is 6.81. The summed E-state index contributed by atoms with van der Waals surface area (Å²) in [6.07, 6.45) is 7.53. The van der Waals surface area contributed by atoms with Crippen molar-refractivity contribution in [2.75, 3.05) is 6.61 Å². The highest BCUT2D eigenvalue weighted by molar-refractivity contribution is 5.57. The molecule has 1 aliphatic rings. The minimum absolute atomic E-state index is 0.678. The van der Waals surface area contributed by atoms with Gasteiger partial charge in [-0.1, -0.05) is 6.08 Å². The summed E-state index contributed by atoms with van der Waals surface area (Å²) in [5.74, 6) is 0.928. The maximum Gasteiger partial charge on any atom is 0.130 e. The van der Waals surface area contributed by atoms with Crippen molar-refractivity contribution in [1.82, 2.24) is 4.98 Å². The first-order valence-corrected chi connectivity index (χ1v) is 3.20. The average molecular weight is 133 g/mol. The van der Waals surface area contributed by atoms with Gasteiger partial charge in [-0.05, 0) is 12.1 Å². The summed E-state index contributed by atoms with van der Waals surface area (Å²) in [7, 11) is 0. The molecule has 1 aliphatic heterocycles. The Kier molecular flexibility index (Phi) is 1.17. The first-order valence-electron chi connectivity index (χ1n) is 3.20. The molecule has 0 fully saturated rings. The van der Waals surface area contributed by atoms with Crippen LogP contribution in [0.5, 0.6) is 5.75 Å². The number of pyridine rings is 1. The number of rotatable bonds is 0. The van der Waals surface area contributed by atoms with Gasteiger partial charge < -0.3 is 4.74 Å². The Labute approximate surface area is 59.2 Å². The third-order valence-corrected chi connectivity index (χ3v) is 1.44. The van der Waals surface area contributed by atoms with Crippen molar-refractivity contribution in [3.63, 3.8) is 0 Å². The maximum absolute atomic E-state index is 5.30. The fourth-order valence-corrected chi connectivity index (χ4v) is 0.963. The Bertz CT molecular complexity index is 268. The summed E-state index contributed by atoms with van der Waals surface area (Å²) >= 11 is 0. The lowest BCUT2D eigenvalue weighted by atomic mass is 10.2. The molecule has 0 saturated heterocycles. The Morgan fingerprint density at radius 1 is 1.50 bits per heavy atom. The number of ether oxygens (including phenoxy) is 1. The summed E-state index contributed by atoms with van der Waals surface area (Å²) < 4.78 is 5.30. The van der Waals surface area contributed by atoms with E-state index < -0.39 is 0 Å². The average Bonchev–Trinajstić information content (AvgIpc) is 2.05. The van der Waals surface area contributed by atoms with E-state index in [1.165, 1.54) is 0 Å². The number of hydrogen-bond acceptors (Lipinski definition) is 2. The lowest BCUT2D eigenvalue weighted by Gasteiger charge is -2.09. The van der Waals surface area contributed by atoms with Crippen molar-refractivity contribution in [3.05, 3.63) is 30.1 Å². The van der Waals surface area contributed by atoms with Gasteiger partial charge in [0.2, 0.25) is 0 Å². The van der Waals surface area contributed by atoms with Gasteiger partial charge in [-0.2, -0.15) is 0 Å². The van der Waals surface area contributed by atoms with Gasteiger partial charge in [0, 0.05) is 18.0 Å². The largest absolute Gasteiger partial charge is 0.489 e. The van der Waals surface area contributed by atoms with Gasteiger partial charge in [-0.3, -0.25) is 4.98 Å². The molecule has 1 aromatic heterocycles. The molecule has 1 aromatic rings. The van der Waals surface area contributed by atoms with Crippen LogP contribution in [0.25, 0.3) is 6.08 Å². The van der Waals surface area contributed by atoms with Crippen LogP contribution in [-0.2, 0) is 0 Å². The highest BCUT2D eigenvalue weighted by Crippen LogP contribution is 2.20. The third kappa shape index (κ3) is 0.778. The summed E-state index contributed by atoms with van der Waals surface area (Å²) in [6, 6.07) is 1.87. The van der Waals surface area contributed by atoms with Crippen LogP contribution in [0.15, 0.2) is 24.5 Å². The van der Waals surface area contributed by atoms with Crippen LogP contribution in [0.2, 0.25) is 0 Å². The third-order valence-electron chi connectivity index (χ3n) is 1.44. The Hall–Kier alpha value is -1.31. The van der Waals surface area contributed by atoms with Gasteiger partial charge in [0.15, 0.2) is 0 Å². The molecule has 0 radical (unpaired) electrons. The van der Waals surface area contributed by atoms with Gasteiger partial charge in [0.25, 0.3) is 0 Å². The van der Waals surface area contributed by atoms with Gasteiger partial charge >= 0.3 is 0 Å². The van der Waals surface area contributed by atoms with Gasteiger partial charge in [0.1, 0.15) is 12.4 Å². The standard InChI is InChI=1S/C8H7NO/c1-2-7-6-9-4-3-8(7)10-5-1/h1-4,6H,5H2. The van der Waals surface area contributed by atoms with E-state index >= 15 is 0 Å². The van der Waals surface area contributed by atoms with E-state index in [0.29, 0.717) is 6.61 Å². The number of nitrogens with zero attached hydrogens (tertiary/aromatic N) is 1. The molecule has 0 saturated carbocycles.